The van der Waals surface area contributed by atoms with Gasteiger partial charge in [0.05, 0.1) is 22.4 Å². The van der Waals surface area contributed by atoms with Crippen LogP contribution < -0.4 is 4.90 Å². The van der Waals surface area contributed by atoms with Gasteiger partial charge in [0.25, 0.3) is 0 Å². The first-order valence-corrected chi connectivity index (χ1v) is 17.4. The summed E-state index contributed by atoms with van der Waals surface area (Å²) in [6, 6.07) is 69.1. The highest BCUT2D eigenvalue weighted by Crippen LogP contribution is 2.48. The van der Waals surface area contributed by atoms with Crippen LogP contribution in [-0.4, -0.2) is 4.57 Å². The summed E-state index contributed by atoms with van der Waals surface area (Å²) in [5.74, 6) is 0. The Morgan fingerprint density at radius 1 is 0.412 bits per heavy atom. The van der Waals surface area contributed by atoms with E-state index in [4.69, 9.17) is 4.42 Å². The van der Waals surface area contributed by atoms with Gasteiger partial charge in [-0.05, 0) is 71.8 Å². The first-order chi connectivity index (χ1) is 25.3. The standard InChI is InChI=1S/C48H32N2O/c1-4-16-33(17-5-1)41-32-34(37-24-14-25-39-38-22-11-13-29-46(38)51-48(37)39)30-31-43(41)50(36-20-8-3-9-21-36)45-28-15-27-44-47(45)40-23-10-12-26-42(40)49(44)35-18-6-2-7-19-35/h1-32H. The van der Waals surface area contributed by atoms with Crippen LogP contribution in [0.15, 0.2) is 199 Å². The molecule has 0 aliphatic rings. The van der Waals surface area contributed by atoms with Crippen molar-refractivity contribution in [2.75, 3.05) is 4.90 Å². The smallest absolute Gasteiger partial charge is 0.143 e. The van der Waals surface area contributed by atoms with E-state index in [0.29, 0.717) is 0 Å². The Morgan fingerprint density at radius 3 is 1.88 bits per heavy atom. The summed E-state index contributed by atoms with van der Waals surface area (Å²) in [5.41, 5.74) is 13.0. The number of rotatable bonds is 6. The molecule has 2 heterocycles. The van der Waals surface area contributed by atoms with Crippen LogP contribution in [0.4, 0.5) is 17.1 Å². The van der Waals surface area contributed by atoms with Gasteiger partial charge in [0.2, 0.25) is 0 Å². The van der Waals surface area contributed by atoms with Gasteiger partial charge in [-0.15, -0.1) is 0 Å². The lowest BCUT2D eigenvalue weighted by Gasteiger charge is -2.29. The van der Waals surface area contributed by atoms with Crippen LogP contribution in [-0.2, 0) is 0 Å². The second kappa shape index (κ2) is 11.9. The number of fused-ring (bicyclic) bond motifs is 6. The van der Waals surface area contributed by atoms with Gasteiger partial charge in [-0.25, -0.2) is 0 Å². The zero-order valence-electron chi connectivity index (χ0n) is 27.8. The van der Waals surface area contributed by atoms with Crippen molar-refractivity contribution in [3.8, 4) is 27.9 Å². The number of benzene rings is 8. The molecule has 0 saturated heterocycles. The van der Waals surface area contributed by atoms with E-state index in [1.165, 1.54) is 16.3 Å². The zero-order chi connectivity index (χ0) is 33.7. The van der Waals surface area contributed by atoms with Gasteiger partial charge < -0.3 is 13.9 Å². The third-order valence-corrected chi connectivity index (χ3v) is 9.98. The highest BCUT2D eigenvalue weighted by atomic mass is 16.3. The van der Waals surface area contributed by atoms with E-state index in [-0.39, 0.29) is 0 Å². The normalized spacial score (nSPS) is 11.5. The van der Waals surface area contributed by atoms with Crippen LogP contribution in [0.1, 0.15) is 0 Å². The molecule has 3 heteroatoms. The molecule has 0 saturated carbocycles. The van der Waals surface area contributed by atoms with Crippen molar-refractivity contribution in [2.45, 2.75) is 0 Å². The molecule has 0 bridgehead atoms. The fraction of sp³-hybridized carbons (Fsp3) is 0. The summed E-state index contributed by atoms with van der Waals surface area (Å²) in [6.07, 6.45) is 0. The van der Waals surface area contributed by atoms with Crippen molar-refractivity contribution in [3.63, 3.8) is 0 Å². The third kappa shape index (κ3) is 4.74. The molecule has 3 nitrogen and oxygen atoms in total. The summed E-state index contributed by atoms with van der Waals surface area (Å²) in [7, 11) is 0. The monoisotopic (exact) mass is 652 g/mol. The summed E-state index contributed by atoms with van der Waals surface area (Å²) < 4.78 is 8.90. The molecule has 8 aromatic carbocycles. The molecule has 0 N–H and O–H groups in total. The first kappa shape index (κ1) is 29.1. The van der Waals surface area contributed by atoms with Crippen LogP contribution in [0, 0.1) is 0 Å². The highest BCUT2D eigenvalue weighted by molar-refractivity contribution is 6.17. The van der Waals surface area contributed by atoms with Gasteiger partial charge in [-0.2, -0.15) is 0 Å². The minimum atomic E-state index is 0.901. The molecule has 0 unspecified atom stereocenters. The van der Waals surface area contributed by atoms with Crippen LogP contribution in [0.3, 0.4) is 0 Å². The number of nitrogens with zero attached hydrogens (tertiary/aromatic N) is 2. The lowest BCUT2D eigenvalue weighted by Crippen LogP contribution is -2.11. The van der Waals surface area contributed by atoms with Crippen molar-refractivity contribution < 1.29 is 4.42 Å². The third-order valence-electron chi connectivity index (χ3n) is 9.98. The minimum absolute atomic E-state index is 0.901. The predicted octanol–water partition coefficient (Wildman–Crippen LogP) is 13.5. The molecule has 240 valence electrons. The SMILES string of the molecule is c1ccc(-c2cc(-c3cccc4c3oc3ccccc34)ccc2N(c2ccccc2)c2cccc3c2c2ccccc2n3-c2ccccc2)cc1. The van der Waals surface area contributed by atoms with Crippen LogP contribution >= 0.6 is 0 Å². The van der Waals surface area contributed by atoms with E-state index >= 15 is 0 Å². The van der Waals surface area contributed by atoms with Crippen LogP contribution in [0.2, 0.25) is 0 Å². The lowest BCUT2D eigenvalue weighted by atomic mass is 9.95. The second-order valence-corrected chi connectivity index (χ2v) is 12.9. The maximum absolute atomic E-state index is 6.52. The summed E-state index contributed by atoms with van der Waals surface area (Å²) in [4.78, 5) is 2.43. The van der Waals surface area contributed by atoms with Crippen molar-refractivity contribution in [3.05, 3.63) is 194 Å². The molecule has 0 fully saturated rings. The molecule has 10 rings (SSSR count). The van der Waals surface area contributed by atoms with E-state index < -0.39 is 0 Å². The Morgan fingerprint density at radius 2 is 1.06 bits per heavy atom. The Kier molecular flexibility index (Phi) is 6.81. The van der Waals surface area contributed by atoms with Gasteiger partial charge in [0, 0.05) is 44.0 Å². The number of aromatic nitrogens is 1. The first-order valence-electron chi connectivity index (χ1n) is 17.4. The predicted molar refractivity (Wildman–Crippen MR) is 214 cm³/mol. The molecule has 0 spiro atoms. The minimum Gasteiger partial charge on any atom is -0.455 e. The number of furan rings is 1. The molecule has 0 aliphatic carbocycles. The van der Waals surface area contributed by atoms with E-state index in [1.54, 1.807) is 0 Å². The Balaban J connectivity index is 1.26. The summed E-state index contributed by atoms with van der Waals surface area (Å²) in [5, 5.41) is 4.67. The van der Waals surface area contributed by atoms with Gasteiger partial charge in [-0.1, -0.05) is 133 Å². The van der Waals surface area contributed by atoms with Crippen molar-refractivity contribution in [1.29, 1.82) is 0 Å². The second-order valence-electron chi connectivity index (χ2n) is 12.9. The van der Waals surface area contributed by atoms with Crippen molar-refractivity contribution in [1.82, 2.24) is 4.57 Å². The van der Waals surface area contributed by atoms with Gasteiger partial charge in [-0.3, -0.25) is 0 Å². The van der Waals surface area contributed by atoms with E-state index in [9.17, 15) is 0 Å². The Hall–Kier alpha value is -6.84. The van der Waals surface area contributed by atoms with Gasteiger partial charge in [0.15, 0.2) is 0 Å². The van der Waals surface area contributed by atoms with Crippen LogP contribution in [0.25, 0.3) is 71.7 Å². The largest absolute Gasteiger partial charge is 0.455 e. The average molecular weight is 653 g/mol. The maximum atomic E-state index is 6.52. The average Bonchev–Trinajstić information content (AvgIpc) is 3.76. The topological polar surface area (TPSA) is 21.3 Å². The highest BCUT2D eigenvalue weighted by Gasteiger charge is 2.24. The molecule has 0 aliphatic heterocycles. The molecule has 10 aromatic rings. The van der Waals surface area contributed by atoms with E-state index in [0.717, 1.165) is 72.5 Å². The molecule has 0 atom stereocenters. The number of para-hydroxylation sites is 5. The van der Waals surface area contributed by atoms with E-state index in [2.05, 4.69) is 191 Å². The van der Waals surface area contributed by atoms with Gasteiger partial charge in [0.1, 0.15) is 11.2 Å². The molecular weight excluding hydrogens is 621 g/mol. The van der Waals surface area contributed by atoms with Crippen LogP contribution in [0.5, 0.6) is 0 Å². The van der Waals surface area contributed by atoms with E-state index in [1.807, 2.05) is 12.1 Å². The maximum Gasteiger partial charge on any atom is 0.143 e. The molecule has 51 heavy (non-hydrogen) atoms. The quantitative estimate of drug-likeness (QED) is 0.178. The van der Waals surface area contributed by atoms with Gasteiger partial charge >= 0.3 is 0 Å². The lowest BCUT2D eigenvalue weighted by molar-refractivity contribution is 0.670. The fourth-order valence-corrected chi connectivity index (χ4v) is 7.75. The molecule has 0 radical (unpaired) electrons. The Labute approximate surface area is 295 Å². The number of hydrogen-bond donors (Lipinski definition) is 0. The van der Waals surface area contributed by atoms with Crippen molar-refractivity contribution >= 4 is 60.8 Å². The fourth-order valence-electron chi connectivity index (χ4n) is 7.75. The number of hydrogen-bond acceptors (Lipinski definition) is 2. The van der Waals surface area contributed by atoms with Crippen molar-refractivity contribution in [2.24, 2.45) is 0 Å². The summed E-state index contributed by atoms with van der Waals surface area (Å²) >= 11 is 0. The molecule has 2 aromatic heterocycles. The number of anilines is 3. The molecular formula is C48H32N2O. The zero-order valence-corrected chi connectivity index (χ0v) is 27.8. The Bertz CT molecular complexity index is 2850. The summed E-state index contributed by atoms with van der Waals surface area (Å²) in [6.45, 7) is 0. The molecule has 0 amide bonds.